The van der Waals surface area contributed by atoms with Gasteiger partial charge in [-0.1, -0.05) is 24.6 Å². The molecule has 1 aromatic carbocycles. The Kier molecular flexibility index (Phi) is 4.13. The van der Waals surface area contributed by atoms with E-state index in [0.717, 1.165) is 40.7 Å². The van der Waals surface area contributed by atoms with Crippen LogP contribution < -0.4 is 5.56 Å². The first-order valence-electron chi connectivity index (χ1n) is 9.38. The standard InChI is InChI=1S/C21H20N4OS/c26-21-19-17-9-5-2-6-10-18(17)27-20(19)22-14-24(21)12-15-11-23-25(13-15)16-7-3-1-4-8-16/h1,3-4,7-8,11,13-14H,2,5-6,9-10,12H2. The van der Waals surface area contributed by atoms with Gasteiger partial charge in [0.1, 0.15) is 4.83 Å². The van der Waals surface area contributed by atoms with Crippen molar-refractivity contribution in [1.29, 1.82) is 0 Å². The average Bonchev–Trinajstić information content (AvgIpc) is 3.23. The van der Waals surface area contributed by atoms with Gasteiger partial charge in [-0.15, -0.1) is 11.3 Å². The van der Waals surface area contributed by atoms with Gasteiger partial charge in [0.05, 0.1) is 30.1 Å². The van der Waals surface area contributed by atoms with E-state index in [0.29, 0.717) is 6.54 Å². The molecule has 1 aliphatic rings. The smallest absolute Gasteiger partial charge is 0.262 e. The number of fused-ring (bicyclic) bond motifs is 3. The highest BCUT2D eigenvalue weighted by molar-refractivity contribution is 7.18. The monoisotopic (exact) mass is 376 g/mol. The Balaban J connectivity index is 1.51. The van der Waals surface area contributed by atoms with Gasteiger partial charge in [-0.2, -0.15) is 5.10 Å². The summed E-state index contributed by atoms with van der Waals surface area (Å²) in [6, 6.07) is 9.98. The van der Waals surface area contributed by atoms with E-state index in [1.165, 1.54) is 23.3 Å². The molecule has 0 unspecified atom stereocenters. The largest absolute Gasteiger partial charge is 0.294 e. The fourth-order valence-electron chi connectivity index (χ4n) is 3.83. The van der Waals surface area contributed by atoms with Crippen LogP contribution in [0, 0.1) is 0 Å². The quantitative estimate of drug-likeness (QED) is 0.509. The van der Waals surface area contributed by atoms with Crippen LogP contribution in [-0.2, 0) is 19.4 Å². The molecule has 3 heterocycles. The first kappa shape index (κ1) is 16.4. The molecule has 0 fully saturated rings. The third kappa shape index (κ3) is 3.00. The van der Waals surface area contributed by atoms with Gasteiger partial charge in [-0.25, -0.2) is 9.67 Å². The zero-order chi connectivity index (χ0) is 18.2. The minimum atomic E-state index is 0.0758. The number of para-hydroxylation sites is 1. The van der Waals surface area contributed by atoms with Crippen LogP contribution in [-0.4, -0.2) is 19.3 Å². The molecule has 136 valence electrons. The van der Waals surface area contributed by atoms with Gasteiger partial charge in [0.15, 0.2) is 0 Å². The molecule has 27 heavy (non-hydrogen) atoms. The lowest BCUT2D eigenvalue weighted by molar-refractivity contribution is 0.712. The lowest BCUT2D eigenvalue weighted by Gasteiger charge is -2.04. The molecule has 0 saturated heterocycles. The Hall–Kier alpha value is -2.73. The second-order valence-electron chi connectivity index (χ2n) is 7.05. The van der Waals surface area contributed by atoms with Crippen LogP contribution in [0.4, 0.5) is 0 Å². The van der Waals surface area contributed by atoms with Crippen molar-refractivity contribution in [2.75, 3.05) is 0 Å². The second-order valence-corrected chi connectivity index (χ2v) is 8.13. The van der Waals surface area contributed by atoms with Crippen molar-refractivity contribution < 1.29 is 0 Å². The summed E-state index contributed by atoms with van der Waals surface area (Å²) in [6.07, 6.45) is 11.2. The summed E-state index contributed by atoms with van der Waals surface area (Å²) in [5.74, 6) is 0. The molecule has 4 aromatic rings. The van der Waals surface area contributed by atoms with Gasteiger partial charge in [0.2, 0.25) is 0 Å². The first-order valence-corrected chi connectivity index (χ1v) is 10.2. The number of nitrogens with zero attached hydrogens (tertiary/aromatic N) is 4. The summed E-state index contributed by atoms with van der Waals surface area (Å²) in [5, 5.41) is 5.27. The van der Waals surface area contributed by atoms with Crippen LogP contribution in [0.2, 0.25) is 0 Å². The number of hydrogen-bond donors (Lipinski definition) is 0. The molecule has 0 bridgehead atoms. The molecule has 5 nitrogen and oxygen atoms in total. The summed E-state index contributed by atoms with van der Waals surface area (Å²) >= 11 is 1.70. The molecule has 3 aromatic heterocycles. The van der Waals surface area contributed by atoms with E-state index in [4.69, 9.17) is 0 Å². The Labute approximate surface area is 160 Å². The molecule has 1 aliphatic carbocycles. The number of aryl methyl sites for hydroxylation is 2. The summed E-state index contributed by atoms with van der Waals surface area (Å²) in [4.78, 5) is 20.0. The topological polar surface area (TPSA) is 52.7 Å². The Bertz CT molecular complexity index is 1160. The van der Waals surface area contributed by atoms with Crippen LogP contribution in [0.25, 0.3) is 15.9 Å². The van der Waals surface area contributed by atoms with E-state index >= 15 is 0 Å². The molecule has 0 radical (unpaired) electrons. The van der Waals surface area contributed by atoms with Gasteiger partial charge in [0.25, 0.3) is 5.56 Å². The minimum Gasteiger partial charge on any atom is -0.294 e. The van der Waals surface area contributed by atoms with Gasteiger partial charge < -0.3 is 0 Å². The maximum absolute atomic E-state index is 13.2. The highest BCUT2D eigenvalue weighted by atomic mass is 32.1. The highest BCUT2D eigenvalue weighted by Gasteiger charge is 2.19. The number of rotatable bonds is 3. The van der Waals surface area contributed by atoms with Gasteiger partial charge in [-0.05, 0) is 43.4 Å². The van der Waals surface area contributed by atoms with Crippen LogP contribution >= 0.6 is 11.3 Å². The Morgan fingerprint density at radius 1 is 1.07 bits per heavy atom. The van der Waals surface area contributed by atoms with E-state index in [-0.39, 0.29) is 5.56 Å². The van der Waals surface area contributed by atoms with Crippen molar-refractivity contribution in [3.63, 3.8) is 0 Å². The van der Waals surface area contributed by atoms with Crippen molar-refractivity contribution in [2.24, 2.45) is 0 Å². The van der Waals surface area contributed by atoms with E-state index in [9.17, 15) is 4.79 Å². The van der Waals surface area contributed by atoms with Gasteiger partial charge >= 0.3 is 0 Å². The average molecular weight is 376 g/mol. The lowest BCUT2D eigenvalue weighted by atomic mass is 10.1. The van der Waals surface area contributed by atoms with E-state index in [2.05, 4.69) is 10.1 Å². The van der Waals surface area contributed by atoms with Crippen molar-refractivity contribution in [1.82, 2.24) is 19.3 Å². The van der Waals surface area contributed by atoms with Gasteiger partial charge in [-0.3, -0.25) is 9.36 Å². The minimum absolute atomic E-state index is 0.0758. The summed E-state index contributed by atoms with van der Waals surface area (Å²) < 4.78 is 3.55. The second kappa shape index (κ2) is 6.78. The Morgan fingerprint density at radius 3 is 2.81 bits per heavy atom. The van der Waals surface area contributed by atoms with Crippen LogP contribution in [0.3, 0.4) is 0 Å². The predicted octanol–water partition coefficient (Wildman–Crippen LogP) is 3.96. The summed E-state index contributed by atoms with van der Waals surface area (Å²) in [7, 11) is 0. The molecule has 0 aliphatic heterocycles. The molecule has 6 heteroatoms. The third-order valence-corrected chi connectivity index (χ3v) is 6.40. The fraction of sp³-hybridized carbons (Fsp3) is 0.286. The van der Waals surface area contributed by atoms with Crippen molar-refractivity contribution in [3.05, 3.63) is 75.4 Å². The van der Waals surface area contributed by atoms with E-state index in [1.807, 2.05) is 47.4 Å². The molecule has 0 atom stereocenters. The van der Waals surface area contributed by atoms with Crippen molar-refractivity contribution >= 4 is 21.6 Å². The maximum atomic E-state index is 13.2. The first-order chi connectivity index (χ1) is 13.3. The SMILES string of the molecule is O=c1c2c3c(sc2ncn1Cc1cnn(-c2ccccc2)c1)CCCCC3. The lowest BCUT2D eigenvalue weighted by Crippen LogP contribution is -2.21. The van der Waals surface area contributed by atoms with Crippen LogP contribution in [0.1, 0.15) is 35.3 Å². The predicted molar refractivity (Wildman–Crippen MR) is 108 cm³/mol. The summed E-state index contributed by atoms with van der Waals surface area (Å²) in [6.45, 7) is 0.485. The normalized spacial score (nSPS) is 14.2. The fourth-order valence-corrected chi connectivity index (χ4v) is 5.05. The van der Waals surface area contributed by atoms with Crippen molar-refractivity contribution in [3.8, 4) is 5.69 Å². The number of aromatic nitrogens is 4. The molecule has 5 rings (SSSR count). The molecule has 0 amide bonds. The molecule has 0 spiro atoms. The Morgan fingerprint density at radius 2 is 1.93 bits per heavy atom. The highest BCUT2D eigenvalue weighted by Crippen LogP contribution is 2.32. The number of benzene rings is 1. The molecule has 0 saturated carbocycles. The zero-order valence-corrected chi connectivity index (χ0v) is 15.8. The molecular weight excluding hydrogens is 356 g/mol. The molecule has 0 N–H and O–H groups in total. The molecular formula is C21H20N4OS. The zero-order valence-electron chi connectivity index (χ0n) is 15.0. The van der Waals surface area contributed by atoms with Gasteiger partial charge in [0, 0.05) is 16.6 Å². The van der Waals surface area contributed by atoms with E-state index in [1.54, 1.807) is 22.2 Å². The summed E-state index contributed by atoms with van der Waals surface area (Å²) in [5.41, 5.74) is 3.32. The van der Waals surface area contributed by atoms with E-state index < -0.39 is 0 Å². The maximum Gasteiger partial charge on any atom is 0.262 e. The van der Waals surface area contributed by atoms with Crippen molar-refractivity contribution in [2.45, 2.75) is 38.6 Å². The number of hydrogen-bond acceptors (Lipinski definition) is 4. The third-order valence-electron chi connectivity index (χ3n) is 5.20. The van der Waals surface area contributed by atoms with Crippen LogP contribution in [0.15, 0.2) is 53.8 Å². The van der Waals surface area contributed by atoms with Crippen LogP contribution in [0.5, 0.6) is 0 Å². The number of thiophene rings is 1.